The molecule has 0 aromatic heterocycles. The molecule has 0 fully saturated rings. The molecule has 328 valence electrons. The number of esters is 2. The van der Waals surface area contributed by atoms with Crippen molar-refractivity contribution < 1.29 is 37.9 Å². The van der Waals surface area contributed by atoms with E-state index in [1.165, 1.54) is 148 Å². The molecule has 0 heterocycles. The van der Waals surface area contributed by atoms with Crippen LogP contribution in [-0.4, -0.2) is 41.0 Å². The van der Waals surface area contributed by atoms with Gasteiger partial charge in [-0.3, -0.25) is 14.1 Å². The number of carbonyl (C=O) groups excluding carboxylic acids is 2. The molecule has 56 heavy (non-hydrogen) atoms. The summed E-state index contributed by atoms with van der Waals surface area (Å²) < 4.78 is 26.5. The molecule has 0 radical (unpaired) electrons. The summed E-state index contributed by atoms with van der Waals surface area (Å²) in [5.41, 5.74) is 0. The molecule has 0 amide bonds. The fraction of sp³-hybridized carbons (Fsp3) is 0.830. The third-order valence-electron chi connectivity index (χ3n) is 10.1. The summed E-state index contributed by atoms with van der Waals surface area (Å²) in [7, 11) is -4.76. The minimum atomic E-state index is -4.76. The highest BCUT2D eigenvalue weighted by Crippen LogP contribution is 2.36. The van der Waals surface area contributed by atoms with Gasteiger partial charge in [0.1, 0.15) is 6.61 Å². The van der Waals surface area contributed by atoms with Crippen molar-refractivity contribution in [1.82, 2.24) is 0 Å². The number of phosphoric acid groups is 1. The fourth-order valence-electron chi connectivity index (χ4n) is 6.63. The topological polar surface area (TPSA) is 119 Å². The summed E-state index contributed by atoms with van der Waals surface area (Å²) in [6.07, 6.45) is 51.5. The molecule has 8 nitrogen and oxygen atoms in total. The number of carbonyl (C=O) groups is 2. The summed E-state index contributed by atoms with van der Waals surface area (Å²) in [5, 5.41) is 0. The van der Waals surface area contributed by atoms with Gasteiger partial charge in [0.2, 0.25) is 0 Å². The number of phosphoric ester groups is 1. The van der Waals surface area contributed by atoms with Crippen LogP contribution < -0.4 is 0 Å². The molecular formula is C47H87O8P. The third-order valence-corrected chi connectivity index (χ3v) is 10.6. The normalized spacial score (nSPS) is 12.7. The first-order chi connectivity index (χ1) is 27.3. The van der Waals surface area contributed by atoms with Crippen LogP contribution in [0.2, 0.25) is 0 Å². The summed E-state index contributed by atoms with van der Waals surface area (Å²) in [4.78, 5) is 43.0. The van der Waals surface area contributed by atoms with E-state index in [4.69, 9.17) is 19.3 Å². The smallest absolute Gasteiger partial charge is 0.462 e. The first-order valence-electron chi connectivity index (χ1n) is 23.3. The maximum Gasteiger partial charge on any atom is 0.469 e. The maximum absolute atomic E-state index is 12.4. The van der Waals surface area contributed by atoms with Crippen molar-refractivity contribution in [3.63, 3.8) is 0 Å². The minimum absolute atomic E-state index is 0.208. The van der Waals surface area contributed by atoms with Crippen molar-refractivity contribution in [3.05, 3.63) is 36.5 Å². The molecule has 0 saturated heterocycles. The Balaban J connectivity index is 3.86. The molecule has 9 heteroatoms. The lowest BCUT2D eigenvalue weighted by Crippen LogP contribution is -2.29. The molecule has 2 N–H and O–H groups in total. The summed E-state index contributed by atoms with van der Waals surface area (Å²) in [6, 6.07) is 0. The van der Waals surface area contributed by atoms with E-state index in [2.05, 4.69) is 54.8 Å². The summed E-state index contributed by atoms with van der Waals surface area (Å²) in [5.74, 6) is -0.885. The van der Waals surface area contributed by atoms with Crippen LogP contribution in [-0.2, 0) is 28.2 Å². The van der Waals surface area contributed by atoms with Crippen molar-refractivity contribution in [2.45, 2.75) is 238 Å². The number of ether oxygens (including phenoxy) is 2. The first kappa shape index (κ1) is 54.3. The number of allylic oxidation sites excluding steroid dienone is 6. The Bertz CT molecular complexity index is 1000. The molecule has 0 bridgehead atoms. The number of unbranched alkanes of at least 4 members (excludes halogenated alkanes) is 27. The van der Waals surface area contributed by atoms with Crippen LogP contribution in [0.15, 0.2) is 36.5 Å². The second kappa shape index (κ2) is 42.9. The van der Waals surface area contributed by atoms with Gasteiger partial charge in [-0.05, 0) is 70.6 Å². The average Bonchev–Trinajstić information content (AvgIpc) is 3.17. The van der Waals surface area contributed by atoms with E-state index in [1.54, 1.807) is 0 Å². The van der Waals surface area contributed by atoms with Gasteiger partial charge < -0.3 is 19.3 Å². The third kappa shape index (κ3) is 45.0. The lowest BCUT2D eigenvalue weighted by molar-refractivity contribution is -0.161. The lowest BCUT2D eigenvalue weighted by atomic mass is 10.1. The van der Waals surface area contributed by atoms with Crippen LogP contribution in [0, 0.1) is 0 Å². The van der Waals surface area contributed by atoms with Crippen molar-refractivity contribution in [2.75, 3.05) is 13.2 Å². The Labute approximate surface area is 344 Å². The molecule has 0 aliphatic carbocycles. The molecule has 0 aliphatic heterocycles. The van der Waals surface area contributed by atoms with Gasteiger partial charge in [0, 0.05) is 12.8 Å². The molecule has 0 unspecified atom stereocenters. The predicted octanol–water partition coefficient (Wildman–Crippen LogP) is 14.5. The molecule has 1 atom stereocenters. The van der Waals surface area contributed by atoms with E-state index in [9.17, 15) is 14.2 Å². The van der Waals surface area contributed by atoms with Gasteiger partial charge in [-0.2, -0.15) is 0 Å². The highest BCUT2D eigenvalue weighted by atomic mass is 31.2. The van der Waals surface area contributed by atoms with Crippen LogP contribution in [0.4, 0.5) is 0 Å². The van der Waals surface area contributed by atoms with Crippen molar-refractivity contribution >= 4 is 19.8 Å². The Morgan fingerprint density at radius 1 is 0.464 bits per heavy atom. The van der Waals surface area contributed by atoms with Crippen LogP contribution in [0.1, 0.15) is 232 Å². The SMILES string of the molecule is CCCCC/C=C/C/C=C/CCCCCCCCCCCC(=O)O[C@H](COC(=O)CCCCCCCCCCC/C=C/CCCCCCCC)COP(=O)(O)O. The van der Waals surface area contributed by atoms with E-state index in [-0.39, 0.29) is 19.4 Å². The van der Waals surface area contributed by atoms with E-state index in [0.717, 1.165) is 51.4 Å². The fourth-order valence-corrected chi connectivity index (χ4v) is 6.99. The van der Waals surface area contributed by atoms with Gasteiger partial charge in [-0.25, -0.2) is 4.57 Å². The molecule has 0 rings (SSSR count). The van der Waals surface area contributed by atoms with Crippen LogP contribution in [0.25, 0.3) is 0 Å². The Morgan fingerprint density at radius 3 is 1.23 bits per heavy atom. The van der Waals surface area contributed by atoms with Crippen molar-refractivity contribution in [3.8, 4) is 0 Å². The zero-order chi connectivity index (χ0) is 41.1. The number of hydrogen-bond acceptors (Lipinski definition) is 6. The molecule has 0 saturated carbocycles. The van der Waals surface area contributed by atoms with E-state index < -0.39 is 32.5 Å². The van der Waals surface area contributed by atoms with Gasteiger partial charge in [0.25, 0.3) is 0 Å². The Morgan fingerprint density at radius 2 is 0.804 bits per heavy atom. The zero-order valence-electron chi connectivity index (χ0n) is 36.3. The Hall–Kier alpha value is -1.73. The van der Waals surface area contributed by atoms with Crippen molar-refractivity contribution in [2.24, 2.45) is 0 Å². The highest BCUT2D eigenvalue weighted by Gasteiger charge is 2.23. The van der Waals surface area contributed by atoms with E-state index in [1.807, 2.05) is 0 Å². The molecular weight excluding hydrogens is 723 g/mol. The average molecular weight is 811 g/mol. The van der Waals surface area contributed by atoms with Gasteiger partial charge >= 0.3 is 19.8 Å². The Kier molecular flexibility index (Phi) is 41.5. The van der Waals surface area contributed by atoms with Crippen LogP contribution in [0.5, 0.6) is 0 Å². The summed E-state index contributed by atoms with van der Waals surface area (Å²) in [6.45, 7) is 3.68. The molecule has 0 aromatic rings. The second-order valence-corrected chi connectivity index (χ2v) is 17.0. The maximum atomic E-state index is 12.4. The van der Waals surface area contributed by atoms with Crippen molar-refractivity contribution in [1.29, 1.82) is 0 Å². The minimum Gasteiger partial charge on any atom is -0.462 e. The monoisotopic (exact) mass is 811 g/mol. The second-order valence-electron chi connectivity index (χ2n) is 15.7. The first-order valence-corrected chi connectivity index (χ1v) is 24.8. The highest BCUT2D eigenvalue weighted by molar-refractivity contribution is 7.46. The molecule has 0 spiro atoms. The van der Waals surface area contributed by atoms with Gasteiger partial charge in [0.15, 0.2) is 6.10 Å². The summed E-state index contributed by atoms with van der Waals surface area (Å²) >= 11 is 0. The van der Waals surface area contributed by atoms with Crippen LogP contribution in [0.3, 0.4) is 0 Å². The van der Waals surface area contributed by atoms with E-state index in [0.29, 0.717) is 6.42 Å². The van der Waals surface area contributed by atoms with Gasteiger partial charge in [-0.1, -0.05) is 185 Å². The van der Waals surface area contributed by atoms with E-state index >= 15 is 0 Å². The van der Waals surface area contributed by atoms with Crippen LogP contribution >= 0.6 is 7.82 Å². The van der Waals surface area contributed by atoms with Gasteiger partial charge in [0.05, 0.1) is 6.61 Å². The number of rotatable bonds is 43. The zero-order valence-corrected chi connectivity index (χ0v) is 37.2. The molecule has 0 aliphatic rings. The predicted molar refractivity (Wildman–Crippen MR) is 235 cm³/mol. The largest absolute Gasteiger partial charge is 0.469 e. The lowest BCUT2D eigenvalue weighted by Gasteiger charge is -2.18. The standard InChI is InChI=1S/C47H87O8P/c1-3-5-7-9-11-13-15-17-19-21-23-25-27-29-31-33-35-37-39-41-46(48)53-43-45(44-54-56(50,51)52)55-47(49)42-40-38-36-34-32-30-28-26-24-22-20-18-16-14-12-10-8-6-4-2/h12,14,17-20,45H,3-11,13,15-16,21-44H2,1-2H3,(H2,50,51,52)/b14-12+,19-17+,20-18+/t45-/m1/s1. The molecule has 0 aromatic carbocycles. The number of hydrogen-bond donors (Lipinski definition) is 2. The van der Waals surface area contributed by atoms with Gasteiger partial charge in [-0.15, -0.1) is 0 Å². The quantitative estimate of drug-likeness (QED) is 0.0270.